The molecule has 0 radical (unpaired) electrons. The summed E-state index contributed by atoms with van der Waals surface area (Å²) in [6.45, 7) is 5.03. The second-order valence-electron chi connectivity index (χ2n) is 7.03. The first-order valence-corrected chi connectivity index (χ1v) is 11.8. The highest BCUT2D eigenvalue weighted by Crippen LogP contribution is 2.27. The van der Waals surface area contributed by atoms with Gasteiger partial charge < -0.3 is 9.47 Å². The van der Waals surface area contributed by atoms with E-state index in [4.69, 9.17) is 32.7 Å². The molecule has 1 aliphatic heterocycles. The Bertz CT molecular complexity index is 830. The van der Waals surface area contributed by atoms with Gasteiger partial charge in [0.1, 0.15) is 17.1 Å². The van der Waals surface area contributed by atoms with Crippen molar-refractivity contribution in [3.63, 3.8) is 0 Å². The summed E-state index contributed by atoms with van der Waals surface area (Å²) in [5.41, 5.74) is -0.511. The summed E-state index contributed by atoms with van der Waals surface area (Å²) in [7, 11) is -3.80. The van der Waals surface area contributed by atoms with Crippen LogP contribution < -0.4 is 9.46 Å². The number of nitrogens with zero attached hydrogens (tertiary/aromatic N) is 1. The molecule has 0 saturated carbocycles. The molecule has 0 spiro atoms. The van der Waals surface area contributed by atoms with Crippen molar-refractivity contribution in [3.8, 4) is 5.75 Å². The summed E-state index contributed by atoms with van der Waals surface area (Å²) in [5, 5.41) is 0. The van der Waals surface area contributed by atoms with Gasteiger partial charge in [0.25, 0.3) is 5.91 Å². The van der Waals surface area contributed by atoms with Crippen molar-refractivity contribution in [3.05, 3.63) is 29.1 Å². The lowest BCUT2D eigenvalue weighted by Crippen LogP contribution is -2.40. The lowest BCUT2D eigenvalue weighted by atomic mass is 9.97. The zero-order valence-electron chi connectivity index (χ0n) is 16.5. The van der Waals surface area contributed by atoms with E-state index in [-0.39, 0.29) is 24.0 Å². The van der Waals surface area contributed by atoms with Crippen molar-refractivity contribution in [2.24, 2.45) is 5.92 Å². The molecular weight excluding hydrogens is 446 g/mol. The third kappa shape index (κ3) is 7.25. The van der Waals surface area contributed by atoms with Gasteiger partial charge in [0.15, 0.2) is 6.79 Å². The van der Waals surface area contributed by atoms with Gasteiger partial charge in [-0.3, -0.25) is 9.69 Å². The van der Waals surface area contributed by atoms with E-state index in [1.807, 2.05) is 6.92 Å². The highest BCUT2D eigenvalue weighted by molar-refractivity contribution is 7.89. The van der Waals surface area contributed by atoms with Crippen LogP contribution in [0.4, 0.5) is 4.39 Å². The second-order valence-corrected chi connectivity index (χ2v) is 9.84. The van der Waals surface area contributed by atoms with Crippen molar-refractivity contribution >= 4 is 39.1 Å². The van der Waals surface area contributed by atoms with Crippen LogP contribution in [0.15, 0.2) is 12.1 Å². The van der Waals surface area contributed by atoms with Crippen LogP contribution in [-0.4, -0.2) is 56.4 Å². The molecule has 11 heteroatoms. The minimum absolute atomic E-state index is 0.0191. The lowest BCUT2D eigenvalue weighted by Gasteiger charge is -2.35. The summed E-state index contributed by atoms with van der Waals surface area (Å²) in [6, 6.07) is 2.23. The zero-order chi connectivity index (χ0) is 21.8. The number of amides is 1. The molecule has 2 rings (SSSR count). The molecule has 1 fully saturated rings. The van der Waals surface area contributed by atoms with E-state index >= 15 is 0 Å². The fourth-order valence-corrected chi connectivity index (χ4v) is 4.00. The third-order valence-corrected chi connectivity index (χ3v) is 5.99. The van der Waals surface area contributed by atoms with Crippen LogP contribution in [0.25, 0.3) is 0 Å². The third-order valence-electron chi connectivity index (χ3n) is 4.68. The topological polar surface area (TPSA) is 84.9 Å². The van der Waals surface area contributed by atoms with E-state index < -0.39 is 32.9 Å². The van der Waals surface area contributed by atoms with Crippen LogP contribution in [0.3, 0.4) is 0 Å². The molecule has 164 valence electrons. The number of rotatable bonds is 8. The number of hydrogen-bond donors (Lipinski definition) is 1. The van der Waals surface area contributed by atoms with Crippen LogP contribution in [0.5, 0.6) is 5.75 Å². The van der Waals surface area contributed by atoms with Gasteiger partial charge in [0, 0.05) is 12.0 Å². The van der Waals surface area contributed by atoms with Gasteiger partial charge in [-0.1, -0.05) is 11.6 Å². The van der Waals surface area contributed by atoms with Crippen molar-refractivity contribution in [2.45, 2.75) is 37.8 Å². The summed E-state index contributed by atoms with van der Waals surface area (Å²) < 4.78 is 49.2. The molecule has 7 nitrogen and oxygen atoms in total. The fourth-order valence-electron chi connectivity index (χ4n) is 3.05. The van der Waals surface area contributed by atoms with Gasteiger partial charge in [-0.05, 0) is 51.4 Å². The van der Waals surface area contributed by atoms with Crippen LogP contribution in [-0.2, 0) is 14.8 Å². The van der Waals surface area contributed by atoms with E-state index in [9.17, 15) is 17.6 Å². The predicted molar refractivity (Wildman–Crippen MR) is 109 cm³/mol. The number of alkyl halides is 2. The van der Waals surface area contributed by atoms with Crippen LogP contribution >= 0.6 is 23.2 Å². The molecule has 1 amide bonds. The monoisotopic (exact) mass is 470 g/mol. The van der Waals surface area contributed by atoms with Gasteiger partial charge >= 0.3 is 0 Å². The second kappa shape index (κ2) is 10.3. The molecule has 29 heavy (non-hydrogen) atoms. The number of carbonyl (C=O) groups is 1. The molecule has 1 heterocycles. The number of aryl methyl sites for hydroxylation is 1. The van der Waals surface area contributed by atoms with Gasteiger partial charge in [-0.25, -0.2) is 17.5 Å². The van der Waals surface area contributed by atoms with E-state index in [0.29, 0.717) is 5.56 Å². The molecule has 0 aliphatic carbocycles. The highest BCUT2D eigenvalue weighted by Gasteiger charge is 2.27. The summed E-state index contributed by atoms with van der Waals surface area (Å²) in [6.07, 6.45) is 2.51. The Morgan fingerprint density at radius 3 is 2.52 bits per heavy atom. The standard InChI is InChI=1S/C18H25Cl2FN2O5S/c1-11-8-14(18(24)22-29(3,25)26)15(21)9-16(11)27-10-28-17(20)13-4-6-23(7-5-13)12(2)19/h8-9,12-13,17H,4-7,10H2,1-3H3,(H,22,24)/t12-,17-/m1/s1. The maximum atomic E-state index is 14.2. The summed E-state index contributed by atoms with van der Waals surface area (Å²) in [4.78, 5) is 14.0. The summed E-state index contributed by atoms with van der Waals surface area (Å²) in [5.74, 6) is -1.62. The number of hydrogen-bond acceptors (Lipinski definition) is 6. The molecule has 0 unspecified atom stereocenters. The van der Waals surface area contributed by atoms with Crippen LogP contribution in [0, 0.1) is 18.7 Å². The van der Waals surface area contributed by atoms with E-state index in [1.165, 1.54) is 6.07 Å². The normalized spacial score (nSPS) is 18.3. The number of halogens is 3. The predicted octanol–water partition coefficient (Wildman–Crippen LogP) is 3.04. The zero-order valence-corrected chi connectivity index (χ0v) is 18.8. The average molecular weight is 471 g/mol. The Labute approximate surface area is 180 Å². The molecular formula is C18H25Cl2FN2O5S. The Hall–Kier alpha value is -1.13. The van der Waals surface area contributed by atoms with Crippen molar-refractivity contribution in [1.29, 1.82) is 0 Å². The molecule has 1 aromatic rings. The number of benzene rings is 1. The van der Waals surface area contributed by atoms with Crippen molar-refractivity contribution in [2.75, 3.05) is 26.1 Å². The number of ether oxygens (including phenoxy) is 2. The Morgan fingerprint density at radius 2 is 1.97 bits per heavy atom. The lowest BCUT2D eigenvalue weighted by molar-refractivity contribution is -0.0348. The molecule has 1 saturated heterocycles. The van der Waals surface area contributed by atoms with Crippen LogP contribution in [0.2, 0.25) is 0 Å². The minimum atomic E-state index is -3.80. The van der Waals surface area contributed by atoms with Gasteiger partial charge in [0.05, 0.1) is 17.3 Å². The fraction of sp³-hybridized carbons (Fsp3) is 0.611. The first-order valence-electron chi connectivity index (χ1n) is 9.06. The number of carbonyl (C=O) groups excluding carboxylic acids is 1. The molecule has 1 aliphatic rings. The maximum Gasteiger partial charge on any atom is 0.267 e. The Kier molecular flexibility index (Phi) is 8.54. The first-order chi connectivity index (χ1) is 13.5. The minimum Gasteiger partial charge on any atom is -0.467 e. The van der Waals surface area contributed by atoms with E-state index in [2.05, 4.69) is 4.90 Å². The molecule has 1 N–H and O–H groups in total. The molecule has 0 bridgehead atoms. The average Bonchev–Trinajstić information content (AvgIpc) is 2.62. The number of sulfonamides is 1. The Morgan fingerprint density at radius 1 is 1.34 bits per heavy atom. The van der Waals surface area contributed by atoms with E-state index in [1.54, 1.807) is 11.6 Å². The summed E-state index contributed by atoms with van der Waals surface area (Å²) >= 11 is 12.4. The number of likely N-dealkylation sites (tertiary alicyclic amines) is 1. The number of nitrogens with one attached hydrogen (secondary N) is 1. The first kappa shape index (κ1) is 24.1. The van der Waals surface area contributed by atoms with Crippen molar-refractivity contribution < 1.29 is 27.1 Å². The molecule has 1 aromatic carbocycles. The number of piperidine rings is 1. The van der Waals surface area contributed by atoms with Gasteiger partial charge in [-0.15, -0.1) is 11.6 Å². The Balaban J connectivity index is 1.89. The molecule has 2 atom stereocenters. The van der Waals surface area contributed by atoms with Crippen LogP contribution in [0.1, 0.15) is 35.7 Å². The van der Waals surface area contributed by atoms with Crippen molar-refractivity contribution in [1.82, 2.24) is 9.62 Å². The highest BCUT2D eigenvalue weighted by atomic mass is 35.5. The molecule has 0 aromatic heterocycles. The van der Waals surface area contributed by atoms with Gasteiger partial charge in [-0.2, -0.15) is 0 Å². The van der Waals surface area contributed by atoms with E-state index in [0.717, 1.165) is 38.3 Å². The smallest absolute Gasteiger partial charge is 0.267 e. The maximum absolute atomic E-state index is 14.2. The quantitative estimate of drug-likeness (QED) is 0.357. The largest absolute Gasteiger partial charge is 0.467 e. The SMILES string of the molecule is Cc1cc(C(=O)NS(C)(=O)=O)c(F)cc1OCO[C@@H](Cl)C1CCN([C@H](C)Cl)CC1. The van der Waals surface area contributed by atoms with Gasteiger partial charge in [0.2, 0.25) is 10.0 Å².